The molecule has 4 heteroatoms. The molecule has 1 aromatic rings. The van der Waals surface area contributed by atoms with Crippen LogP contribution in [-0.2, 0) is 0 Å². The van der Waals surface area contributed by atoms with Crippen LogP contribution in [0.5, 0.6) is 5.75 Å². The van der Waals surface area contributed by atoms with Crippen molar-refractivity contribution < 1.29 is 5.11 Å². The molecule has 0 aromatic heterocycles. The molecule has 0 amide bonds. The van der Waals surface area contributed by atoms with E-state index < -0.39 is 0 Å². The predicted molar refractivity (Wildman–Crippen MR) is 82.3 cm³/mol. The average Bonchev–Trinajstić information content (AvgIpc) is 2.36. The number of phenolic OH excluding ortho intramolecular Hbond substituents is 1. The first-order valence-corrected chi connectivity index (χ1v) is 7.67. The predicted octanol–water partition coefficient (Wildman–Crippen LogP) is 5.33. The van der Waals surface area contributed by atoms with Gasteiger partial charge in [-0.25, -0.2) is 0 Å². The number of nitrogens with one attached hydrogen (secondary N) is 1. The van der Waals surface area contributed by atoms with Gasteiger partial charge in [-0.3, -0.25) is 0 Å². The van der Waals surface area contributed by atoms with Crippen LogP contribution in [-0.4, -0.2) is 11.1 Å². The Kier molecular flexibility index (Phi) is 4.86. The largest absolute Gasteiger partial charge is 0.505 e. The molecule has 2 atom stereocenters. The highest BCUT2D eigenvalue weighted by Crippen LogP contribution is 2.36. The molecule has 2 rings (SSSR count). The highest BCUT2D eigenvalue weighted by Gasteiger charge is 2.24. The molecule has 19 heavy (non-hydrogen) atoms. The molecule has 0 heterocycles. The molecular weight excluding hydrogens is 281 g/mol. The van der Waals surface area contributed by atoms with Crippen LogP contribution in [0.25, 0.3) is 0 Å². The number of phenols is 1. The van der Waals surface area contributed by atoms with Crippen molar-refractivity contribution in [3.8, 4) is 5.75 Å². The number of aromatic hydroxyl groups is 1. The second-order valence-corrected chi connectivity index (χ2v) is 6.61. The first kappa shape index (κ1) is 14.8. The van der Waals surface area contributed by atoms with E-state index in [0.29, 0.717) is 16.1 Å². The maximum Gasteiger partial charge on any atom is 0.152 e. The third kappa shape index (κ3) is 3.70. The Hall–Kier alpha value is -0.600. The molecule has 0 saturated heterocycles. The van der Waals surface area contributed by atoms with Gasteiger partial charge in [0.15, 0.2) is 5.75 Å². The van der Waals surface area contributed by atoms with Crippen molar-refractivity contribution in [1.29, 1.82) is 0 Å². The fourth-order valence-electron chi connectivity index (χ4n) is 2.85. The molecule has 1 aliphatic carbocycles. The molecule has 2 N–H and O–H groups in total. The Morgan fingerprint density at radius 3 is 2.42 bits per heavy atom. The second kappa shape index (κ2) is 6.23. The van der Waals surface area contributed by atoms with Crippen molar-refractivity contribution in [2.75, 3.05) is 5.32 Å². The van der Waals surface area contributed by atoms with Gasteiger partial charge in [0.05, 0.1) is 10.0 Å². The third-order valence-electron chi connectivity index (χ3n) is 4.05. The molecular formula is C15H21Cl2NO. The fourth-order valence-corrected chi connectivity index (χ4v) is 3.34. The van der Waals surface area contributed by atoms with Crippen LogP contribution in [0.1, 0.15) is 39.5 Å². The summed E-state index contributed by atoms with van der Waals surface area (Å²) in [6.45, 7) is 4.59. The highest BCUT2D eigenvalue weighted by molar-refractivity contribution is 6.37. The minimum absolute atomic E-state index is 0.0439. The molecule has 0 spiro atoms. The Morgan fingerprint density at radius 2 is 1.84 bits per heavy atom. The van der Waals surface area contributed by atoms with Crippen molar-refractivity contribution in [1.82, 2.24) is 0 Å². The van der Waals surface area contributed by atoms with E-state index in [1.54, 1.807) is 12.1 Å². The van der Waals surface area contributed by atoms with Crippen molar-refractivity contribution >= 4 is 28.9 Å². The van der Waals surface area contributed by atoms with Crippen LogP contribution < -0.4 is 5.32 Å². The molecule has 2 nitrogen and oxygen atoms in total. The van der Waals surface area contributed by atoms with E-state index in [9.17, 15) is 5.11 Å². The van der Waals surface area contributed by atoms with Crippen molar-refractivity contribution in [3.05, 3.63) is 22.2 Å². The maximum absolute atomic E-state index is 9.56. The summed E-state index contributed by atoms with van der Waals surface area (Å²) >= 11 is 11.9. The number of rotatable bonds is 3. The van der Waals surface area contributed by atoms with Crippen LogP contribution in [0.3, 0.4) is 0 Å². The summed E-state index contributed by atoms with van der Waals surface area (Å²) in [4.78, 5) is 0. The lowest BCUT2D eigenvalue weighted by Crippen LogP contribution is -2.29. The van der Waals surface area contributed by atoms with Gasteiger partial charge < -0.3 is 10.4 Å². The van der Waals surface area contributed by atoms with Gasteiger partial charge in [0, 0.05) is 11.7 Å². The monoisotopic (exact) mass is 301 g/mol. The van der Waals surface area contributed by atoms with Gasteiger partial charge in [-0.05, 0) is 36.8 Å². The van der Waals surface area contributed by atoms with E-state index in [1.807, 2.05) is 0 Å². The van der Waals surface area contributed by atoms with Gasteiger partial charge in [0.2, 0.25) is 0 Å². The molecule has 106 valence electrons. The first-order chi connectivity index (χ1) is 8.97. The van der Waals surface area contributed by atoms with Gasteiger partial charge in [0.25, 0.3) is 0 Å². The third-order valence-corrected chi connectivity index (χ3v) is 4.62. The van der Waals surface area contributed by atoms with Gasteiger partial charge >= 0.3 is 0 Å². The van der Waals surface area contributed by atoms with Crippen molar-refractivity contribution in [2.45, 2.75) is 45.6 Å². The second-order valence-electron chi connectivity index (χ2n) is 5.80. The van der Waals surface area contributed by atoms with Gasteiger partial charge in [-0.2, -0.15) is 0 Å². The van der Waals surface area contributed by atoms with Gasteiger partial charge in [-0.1, -0.05) is 49.9 Å². The summed E-state index contributed by atoms with van der Waals surface area (Å²) < 4.78 is 0. The smallest absolute Gasteiger partial charge is 0.152 e. The van der Waals surface area contributed by atoms with Crippen molar-refractivity contribution in [2.24, 2.45) is 11.8 Å². The standard InChI is InChI=1S/C15H21Cl2NO/c1-9(2)10-4-3-5-11(6-10)18-12-7-13(16)15(19)14(17)8-12/h7-11,18-19H,3-6H2,1-2H3. The molecule has 1 aromatic carbocycles. The molecule has 2 unspecified atom stereocenters. The fraction of sp³-hybridized carbons (Fsp3) is 0.600. The van der Waals surface area contributed by atoms with Crippen LogP contribution in [0.2, 0.25) is 10.0 Å². The van der Waals surface area contributed by atoms with Crippen LogP contribution in [0, 0.1) is 11.8 Å². The SMILES string of the molecule is CC(C)C1CCCC(Nc2cc(Cl)c(O)c(Cl)c2)C1. The number of halogens is 2. The summed E-state index contributed by atoms with van der Waals surface area (Å²) in [7, 11) is 0. The topological polar surface area (TPSA) is 32.3 Å². The Morgan fingerprint density at radius 1 is 1.21 bits per heavy atom. The van der Waals surface area contributed by atoms with Gasteiger partial charge in [-0.15, -0.1) is 0 Å². The molecule has 0 aliphatic heterocycles. The van der Waals surface area contributed by atoms with Gasteiger partial charge in [0.1, 0.15) is 0 Å². The number of hydrogen-bond acceptors (Lipinski definition) is 2. The lowest BCUT2D eigenvalue weighted by Gasteiger charge is -2.32. The summed E-state index contributed by atoms with van der Waals surface area (Å²) in [5.41, 5.74) is 0.891. The van der Waals surface area contributed by atoms with Crippen molar-refractivity contribution in [3.63, 3.8) is 0 Å². The minimum Gasteiger partial charge on any atom is -0.505 e. The Bertz CT molecular complexity index is 425. The van der Waals surface area contributed by atoms with E-state index in [2.05, 4.69) is 19.2 Å². The normalized spacial score (nSPS) is 23.6. The average molecular weight is 302 g/mol. The van der Waals surface area contributed by atoms with E-state index in [4.69, 9.17) is 23.2 Å². The minimum atomic E-state index is -0.0439. The van der Waals surface area contributed by atoms with Crippen LogP contribution in [0.15, 0.2) is 12.1 Å². The number of anilines is 1. The summed E-state index contributed by atoms with van der Waals surface area (Å²) in [6.07, 6.45) is 4.96. The van der Waals surface area contributed by atoms with E-state index in [-0.39, 0.29) is 5.75 Å². The van der Waals surface area contributed by atoms with Crippen LogP contribution in [0.4, 0.5) is 5.69 Å². The molecule has 1 saturated carbocycles. The molecule has 0 radical (unpaired) electrons. The zero-order valence-electron chi connectivity index (χ0n) is 11.4. The number of benzene rings is 1. The quantitative estimate of drug-likeness (QED) is 0.740. The lowest BCUT2D eigenvalue weighted by atomic mass is 9.79. The molecule has 1 fully saturated rings. The number of hydrogen-bond donors (Lipinski definition) is 2. The Balaban J connectivity index is 2.05. The summed E-state index contributed by atoms with van der Waals surface area (Å²) in [5.74, 6) is 1.48. The summed E-state index contributed by atoms with van der Waals surface area (Å²) in [6, 6.07) is 3.95. The first-order valence-electron chi connectivity index (χ1n) is 6.92. The maximum atomic E-state index is 9.56. The van der Waals surface area contributed by atoms with E-state index >= 15 is 0 Å². The summed E-state index contributed by atoms with van der Waals surface area (Å²) in [5, 5.41) is 13.6. The molecule has 0 bridgehead atoms. The van der Waals surface area contributed by atoms with E-state index in [1.165, 1.54) is 25.7 Å². The highest BCUT2D eigenvalue weighted by atomic mass is 35.5. The zero-order valence-corrected chi connectivity index (χ0v) is 12.9. The Labute approximate surface area is 125 Å². The zero-order chi connectivity index (χ0) is 14.0. The van der Waals surface area contributed by atoms with Crippen LogP contribution >= 0.6 is 23.2 Å². The van der Waals surface area contributed by atoms with E-state index in [0.717, 1.165) is 17.5 Å². The molecule has 1 aliphatic rings. The lowest BCUT2D eigenvalue weighted by molar-refractivity contribution is 0.264.